The van der Waals surface area contributed by atoms with Gasteiger partial charge in [-0.25, -0.2) is 19.5 Å². The molecule has 0 spiro atoms. The zero-order valence-corrected chi connectivity index (χ0v) is 20.0. The Kier molecular flexibility index (Phi) is 7.95. The second kappa shape index (κ2) is 10.4. The van der Waals surface area contributed by atoms with Crippen LogP contribution in [-0.4, -0.2) is 56.7 Å². The second-order valence-electron chi connectivity index (χ2n) is 6.17. The lowest BCUT2D eigenvalue weighted by Crippen LogP contribution is -2.38. The van der Waals surface area contributed by atoms with Gasteiger partial charge in [0.25, 0.3) is 0 Å². The highest BCUT2D eigenvalue weighted by Gasteiger charge is 2.42. The molecule has 0 saturated carbocycles. The third-order valence-electron chi connectivity index (χ3n) is 4.12. The number of allylic oxidation sites excluding steroid dienone is 1. The molecule has 1 saturated heterocycles. The molecule has 0 aromatic carbocycles. The summed E-state index contributed by atoms with van der Waals surface area (Å²) in [6.07, 6.45) is 4.87. The molecule has 0 aliphatic carbocycles. The summed E-state index contributed by atoms with van der Waals surface area (Å²) in [5, 5.41) is 10.2. The molecule has 1 unspecified atom stereocenters. The van der Waals surface area contributed by atoms with Gasteiger partial charge in [0.1, 0.15) is 10.7 Å². The lowest BCUT2D eigenvalue weighted by atomic mass is 10.3. The molecule has 2 amide bonds. The average Bonchev–Trinajstić information content (AvgIpc) is 3.27. The highest BCUT2D eigenvalue weighted by molar-refractivity contribution is 14.1. The molecule has 1 atom stereocenters. The molecule has 1 aliphatic rings. The quantitative estimate of drug-likeness (QED) is 0.145. The average molecular weight is 592 g/mol. The van der Waals surface area contributed by atoms with Crippen molar-refractivity contribution < 1.29 is 14.3 Å². The van der Waals surface area contributed by atoms with Crippen LogP contribution in [0.5, 0.6) is 0 Å². The van der Waals surface area contributed by atoms with E-state index in [-0.39, 0.29) is 18.3 Å². The fourth-order valence-corrected chi connectivity index (χ4v) is 4.72. The van der Waals surface area contributed by atoms with Crippen molar-refractivity contribution in [3.63, 3.8) is 0 Å². The summed E-state index contributed by atoms with van der Waals surface area (Å²) in [5.41, 5.74) is 0.201. The predicted octanol–water partition coefficient (Wildman–Crippen LogP) is 3.87. The van der Waals surface area contributed by atoms with E-state index in [0.29, 0.717) is 18.1 Å². The maximum atomic E-state index is 13.0. The van der Waals surface area contributed by atoms with Crippen LogP contribution in [0.4, 0.5) is 9.93 Å². The SMILES string of the molecule is C=CCCCN1CC(OC(=O)c2cc(I)ccn2)N(c2nnc(CCBr)s2)C1=O. The van der Waals surface area contributed by atoms with Crippen molar-refractivity contribution in [2.75, 3.05) is 23.3 Å². The van der Waals surface area contributed by atoms with Gasteiger partial charge >= 0.3 is 12.0 Å². The zero-order chi connectivity index (χ0) is 20.8. The molecule has 2 aromatic heterocycles. The van der Waals surface area contributed by atoms with Crippen molar-refractivity contribution >= 4 is 67.0 Å². The van der Waals surface area contributed by atoms with Gasteiger partial charge in [-0.1, -0.05) is 33.3 Å². The number of halogens is 2. The summed E-state index contributed by atoms with van der Waals surface area (Å²) in [6.45, 7) is 4.52. The van der Waals surface area contributed by atoms with Crippen LogP contribution in [-0.2, 0) is 11.2 Å². The van der Waals surface area contributed by atoms with E-state index in [9.17, 15) is 9.59 Å². The van der Waals surface area contributed by atoms with Gasteiger partial charge in [-0.05, 0) is 47.6 Å². The van der Waals surface area contributed by atoms with Gasteiger partial charge in [-0.3, -0.25) is 0 Å². The van der Waals surface area contributed by atoms with Gasteiger partial charge in [0, 0.05) is 28.1 Å². The number of hydrogen-bond donors (Lipinski definition) is 0. The van der Waals surface area contributed by atoms with Crippen molar-refractivity contribution in [3.8, 4) is 0 Å². The van der Waals surface area contributed by atoms with Crippen LogP contribution in [0.2, 0.25) is 0 Å². The van der Waals surface area contributed by atoms with Crippen LogP contribution in [0.25, 0.3) is 0 Å². The molecule has 29 heavy (non-hydrogen) atoms. The molecule has 3 heterocycles. The first-order valence-corrected chi connectivity index (χ1v) is 11.9. The number of amides is 2. The van der Waals surface area contributed by atoms with Gasteiger partial charge < -0.3 is 9.64 Å². The standard InChI is InChI=1S/C18H19BrIN5O3S/c1-2-3-4-9-24-11-15(28-16(26)13-10-12(20)6-8-21-13)25(18(24)27)17-23-22-14(29-17)5-7-19/h2,6,8,10,15H,1,3-5,7,9,11H2. The molecule has 3 rings (SSSR count). The minimum absolute atomic E-state index is 0.201. The largest absolute Gasteiger partial charge is 0.434 e. The number of ether oxygens (including phenoxy) is 1. The molecule has 1 fully saturated rings. The lowest BCUT2D eigenvalue weighted by Gasteiger charge is -2.19. The number of carbonyl (C=O) groups excluding carboxylic acids is 2. The number of urea groups is 1. The first-order chi connectivity index (χ1) is 14.0. The van der Waals surface area contributed by atoms with Crippen LogP contribution in [0.15, 0.2) is 31.0 Å². The Labute approximate surface area is 194 Å². The minimum Gasteiger partial charge on any atom is -0.434 e. The van der Waals surface area contributed by atoms with Crippen LogP contribution < -0.4 is 4.90 Å². The van der Waals surface area contributed by atoms with Crippen molar-refractivity contribution in [2.45, 2.75) is 25.5 Å². The third kappa shape index (κ3) is 5.51. The first-order valence-electron chi connectivity index (χ1n) is 8.93. The number of nitrogens with zero attached hydrogens (tertiary/aromatic N) is 5. The number of rotatable bonds is 9. The zero-order valence-electron chi connectivity index (χ0n) is 15.5. The first kappa shape index (κ1) is 22.1. The molecule has 8 nitrogen and oxygen atoms in total. The molecule has 154 valence electrons. The Hall–Kier alpha value is -1.60. The van der Waals surface area contributed by atoms with Crippen LogP contribution in [0.1, 0.15) is 28.3 Å². The van der Waals surface area contributed by atoms with E-state index in [4.69, 9.17) is 4.74 Å². The maximum Gasteiger partial charge on any atom is 0.358 e. The molecular weight excluding hydrogens is 573 g/mol. The van der Waals surface area contributed by atoms with Gasteiger partial charge in [0.05, 0.1) is 6.54 Å². The summed E-state index contributed by atoms with van der Waals surface area (Å²) in [7, 11) is 0. The number of carbonyl (C=O) groups is 2. The number of aromatic nitrogens is 3. The highest BCUT2D eigenvalue weighted by Crippen LogP contribution is 2.29. The fourth-order valence-electron chi connectivity index (χ4n) is 2.76. The van der Waals surface area contributed by atoms with Gasteiger partial charge in [-0.15, -0.1) is 16.8 Å². The number of aryl methyl sites for hydroxylation is 1. The highest BCUT2D eigenvalue weighted by atomic mass is 127. The van der Waals surface area contributed by atoms with Crippen molar-refractivity contribution in [1.29, 1.82) is 0 Å². The molecular formula is C18H19BrIN5O3S. The minimum atomic E-state index is -0.789. The number of unbranched alkanes of at least 4 members (excludes halogenated alkanes) is 1. The summed E-state index contributed by atoms with van der Waals surface area (Å²) >= 11 is 6.80. The molecule has 0 radical (unpaired) electrons. The maximum absolute atomic E-state index is 13.0. The smallest absolute Gasteiger partial charge is 0.358 e. The van der Waals surface area contributed by atoms with Crippen molar-refractivity contribution in [1.82, 2.24) is 20.1 Å². The van der Waals surface area contributed by atoms with E-state index in [1.807, 2.05) is 6.08 Å². The summed E-state index contributed by atoms with van der Waals surface area (Å²) in [4.78, 5) is 32.8. The normalized spacial score (nSPS) is 16.3. The Balaban J connectivity index is 1.81. The summed E-state index contributed by atoms with van der Waals surface area (Å²) < 4.78 is 6.54. The van der Waals surface area contributed by atoms with Crippen LogP contribution in [0, 0.1) is 3.57 Å². The number of alkyl halides is 1. The summed E-state index contributed by atoms with van der Waals surface area (Å²) in [5.74, 6) is -0.579. The van der Waals surface area contributed by atoms with E-state index in [1.165, 1.54) is 16.2 Å². The number of pyridine rings is 1. The predicted molar refractivity (Wildman–Crippen MR) is 122 cm³/mol. The van der Waals surface area contributed by atoms with Gasteiger partial charge in [0.2, 0.25) is 11.4 Å². The van der Waals surface area contributed by atoms with E-state index < -0.39 is 12.2 Å². The molecule has 1 aliphatic heterocycles. The van der Waals surface area contributed by atoms with Gasteiger partial charge in [-0.2, -0.15) is 0 Å². The Bertz CT molecular complexity index is 896. The van der Waals surface area contributed by atoms with Crippen molar-refractivity contribution in [2.24, 2.45) is 0 Å². The van der Waals surface area contributed by atoms with Crippen LogP contribution >= 0.6 is 49.9 Å². The summed E-state index contributed by atoms with van der Waals surface area (Å²) in [6, 6.07) is 3.19. The van der Waals surface area contributed by atoms with E-state index in [1.54, 1.807) is 23.2 Å². The molecule has 11 heteroatoms. The monoisotopic (exact) mass is 591 g/mol. The number of hydrogen-bond acceptors (Lipinski definition) is 7. The molecule has 0 N–H and O–H groups in total. The molecule has 2 aromatic rings. The van der Waals surface area contributed by atoms with Crippen LogP contribution in [0.3, 0.4) is 0 Å². The number of anilines is 1. The third-order valence-corrected chi connectivity index (χ3v) is 6.17. The Morgan fingerprint density at radius 1 is 1.48 bits per heavy atom. The van der Waals surface area contributed by atoms with E-state index in [0.717, 1.165) is 26.7 Å². The van der Waals surface area contributed by atoms with E-state index in [2.05, 4.69) is 60.3 Å². The molecule has 0 bridgehead atoms. The lowest BCUT2D eigenvalue weighted by molar-refractivity contribution is 0.0318. The topological polar surface area (TPSA) is 88.5 Å². The van der Waals surface area contributed by atoms with Gasteiger partial charge in [0.15, 0.2) is 0 Å². The Morgan fingerprint density at radius 2 is 2.31 bits per heavy atom. The van der Waals surface area contributed by atoms with E-state index >= 15 is 0 Å². The Morgan fingerprint density at radius 3 is 3.03 bits per heavy atom. The van der Waals surface area contributed by atoms with Crippen molar-refractivity contribution in [3.05, 3.63) is 45.3 Å². The second-order valence-corrected chi connectivity index (χ2v) is 9.25. The fraction of sp³-hybridized carbons (Fsp3) is 0.389. The number of esters is 1.